The summed E-state index contributed by atoms with van der Waals surface area (Å²) < 4.78 is 25.2. The molecule has 6 nitrogen and oxygen atoms in total. The van der Waals surface area contributed by atoms with Crippen molar-refractivity contribution in [3.05, 3.63) is 29.8 Å². The van der Waals surface area contributed by atoms with Crippen molar-refractivity contribution in [2.24, 2.45) is 0 Å². The van der Waals surface area contributed by atoms with Crippen LogP contribution < -0.4 is 5.32 Å². The maximum Gasteiger partial charge on any atom is 0.230 e. The number of hydrogen-bond donors (Lipinski definition) is 1. The Labute approximate surface area is 218 Å². The topological polar surface area (TPSA) is 55.7 Å². The number of unbranched alkanes of at least 4 members (excludes halogenated alkanes) is 1. The molecule has 0 unspecified atom stereocenters. The SMILES string of the molecule is CN(CCCCN(C)CCCN1CC1)CCCNCCSS(=O)(=O)c1ccc(C2CCCC2)cc1. The highest BCUT2D eigenvalue weighted by atomic mass is 33.1. The molecule has 1 saturated carbocycles. The monoisotopic (exact) mass is 524 g/mol. The Morgan fingerprint density at radius 2 is 1.49 bits per heavy atom. The first-order valence-electron chi connectivity index (χ1n) is 13.7. The molecule has 1 aromatic carbocycles. The second-order valence-electron chi connectivity index (χ2n) is 10.4. The van der Waals surface area contributed by atoms with Crippen LogP contribution in [-0.4, -0.2) is 102 Å². The van der Waals surface area contributed by atoms with Gasteiger partial charge in [0.05, 0.1) is 4.90 Å². The Morgan fingerprint density at radius 3 is 2.11 bits per heavy atom. The van der Waals surface area contributed by atoms with Gasteiger partial charge in [-0.1, -0.05) is 25.0 Å². The Bertz CT molecular complexity index is 809. The third kappa shape index (κ3) is 11.5. The molecule has 2 aliphatic rings. The van der Waals surface area contributed by atoms with Crippen LogP contribution in [0, 0.1) is 0 Å². The normalized spacial score (nSPS) is 17.1. The maximum absolute atomic E-state index is 12.6. The van der Waals surface area contributed by atoms with E-state index in [1.165, 1.54) is 83.2 Å². The Morgan fingerprint density at radius 1 is 0.886 bits per heavy atom. The second kappa shape index (κ2) is 15.6. The summed E-state index contributed by atoms with van der Waals surface area (Å²) in [4.78, 5) is 7.82. The Kier molecular flexibility index (Phi) is 12.9. The molecule has 200 valence electrons. The van der Waals surface area contributed by atoms with Crippen molar-refractivity contribution in [1.82, 2.24) is 20.0 Å². The average molecular weight is 525 g/mol. The fraction of sp³-hybridized carbons (Fsp3) is 0.778. The highest BCUT2D eigenvalue weighted by Gasteiger charge is 2.19. The van der Waals surface area contributed by atoms with Crippen molar-refractivity contribution >= 4 is 19.7 Å². The summed E-state index contributed by atoms with van der Waals surface area (Å²) in [5, 5.41) is 3.40. The van der Waals surface area contributed by atoms with Crippen molar-refractivity contribution < 1.29 is 8.42 Å². The highest BCUT2D eigenvalue weighted by molar-refractivity contribution is 8.72. The summed E-state index contributed by atoms with van der Waals surface area (Å²) in [7, 11) is 2.23. The zero-order chi connectivity index (χ0) is 24.9. The lowest BCUT2D eigenvalue weighted by Crippen LogP contribution is -2.27. The third-order valence-corrected chi connectivity index (χ3v) is 10.8. The van der Waals surface area contributed by atoms with E-state index >= 15 is 0 Å². The molecule has 1 aliphatic carbocycles. The van der Waals surface area contributed by atoms with Gasteiger partial charge in [-0.3, -0.25) is 0 Å². The van der Waals surface area contributed by atoms with Crippen molar-refractivity contribution in [2.75, 3.05) is 78.8 Å². The van der Waals surface area contributed by atoms with Crippen LogP contribution in [0.5, 0.6) is 0 Å². The van der Waals surface area contributed by atoms with E-state index in [9.17, 15) is 8.42 Å². The van der Waals surface area contributed by atoms with E-state index in [1.807, 2.05) is 12.1 Å². The number of nitrogens with one attached hydrogen (secondary N) is 1. The summed E-state index contributed by atoms with van der Waals surface area (Å²) in [6.07, 6.45) is 9.95. The van der Waals surface area contributed by atoms with E-state index in [1.54, 1.807) is 12.1 Å². The lowest BCUT2D eigenvalue weighted by molar-refractivity contribution is 0.285. The van der Waals surface area contributed by atoms with Gasteiger partial charge < -0.3 is 20.0 Å². The van der Waals surface area contributed by atoms with Crippen LogP contribution in [0.15, 0.2) is 29.2 Å². The van der Waals surface area contributed by atoms with Crippen molar-refractivity contribution in [3.63, 3.8) is 0 Å². The fourth-order valence-electron chi connectivity index (χ4n) is 4.90. The number of benzene rings is 1. The molecule has 1 aliphatic heterocycles. The Balaban J connectivity index is 1.15. The van der Waals surface area contributed by atoms with E-state index in [2.05, 4.69) is 34.1 Å². The summed E-state index contributed by atoms with van der Waals surface area (Å²) in [6.45, 7) is 10.2. The lowest BCUT2D eigenvalue weighted by Gasteiger charge is -2.19. The highest BCUT2D eigenvalue weighted by Crippen LogP contribution is 2.35. The van der Waals surface area contributed by atoms with Crippen LogP contribution >= 0.6 is 10.8 Å². The lowest BCUT2D eigenvalue weighted by atomic mass is 9.98. The largest absolute Gasteiger partial charge is 0.316 e. The van der Waals surface area contributed by atoms with Gasteiger partial charge in [-0.15, -0.1) is 0 Å². The minimum absolute atomic E-state index is 0.438. The van der Waals surface area contributed by atoms with Crippen molar-refractivity contribution in [2.45, 2.75) is 62.2 Å². The maximum atomic E-state index is 12.6. The van der Waals surface area contributed by atoms with Gasteiger partial charge in [0, 0.05) is 25.4 Å². The summed E-state index contributed by atoms with van der Waals surface area (Å²) in [5.41, 5.74) is 1.29. The zero-order valence-electron chi connectivity index (χ0n) is 22.1. The first-order valence-corrected chi connectivity index (χ1v) is 16.7. The van der Waals surface area contributed by atoms with E-state index < -0.39 is 8.87 Å². The molecule has 1 heterocycles. The van der Waals surface area contributed by atoms with Crippen LogP contribution in [-0.2, 0) is 8.87 Å². The molecular formula is C27H48N4O2S2. The molecule has 1 aromatic rings. The molecular weight excluding hydrogens is 476 g/mol. The van der Waals surface area contributed by atoms with Gasteiger partial charge in [-0.25, -0.2) is 8.42 Å². The molecule has 35 heavy (non-hydrogen) atoms. The van der Waals surface area contributed by atoms with E-state index in [-0.39, 0.29) is 0 Å². The predicted octanol–water partition coefficient (Wildman–Crippen LogP) is 4.10. The Hall–Kier alpha value is -0.640. The van der Waals surface area contributed by atoms with Gasteiger partial charge in [-0.05, 0) is 126 Å². The van der Waals surface area contributed by atoms with Crippen molar-refractivity contribution in [3.8, 4) is 0 Å². The standard InChI is InChI=1S/C27H48N4O2S2/c1-29(17-5-6-18-30(2)20-8-21-31-22-23-31)19-7-15-28-16-24-34-35(32,33)27-13-11-26(12-14-27)25-9-3-4-10-25/h11-14,25,28H,3-10,15-24H2,1-2H3. The van der Waals surface area contributed by atoms with Crippen LogP contribution in [0.4, 0.5) is 0 Å². The number of hydrogen-bond acceptors (Lipinski definition) is 7. The summed E-state index contributed by atoms with van der Waals surface area (Å²) in [5.74, 6) is 1.20. The van der Waals surface area contributed by atoms with Gasteiger partial charge in [-0.2, -0.15) is 0 Å². The smallest absolute Gasteiger partial charge is 0.230 e. The number of nitrogens with zero attached hydrogens (tertiary/aromatic N) is 3. The van der Waals surface area contributed by atoms with Crippen LogP contribution in [0.25, 0.3) is 0 Å². The molecule has 8 heteroatoms. The molecule has 0 spiro atoms. The van der Waals surface area contributed by atoms with Crippen molar-refractivity contribution in [1.29, 1.82) is 0 Å². The van der Waals surface area contributed by atoms with Gasteiger partial charge in [0.1, 0.15) is 0 Å². The molecule has 0 aromatic heterocycles. The van der Waals surface area contributed by atoms with Crippen LogP contribution in [0.2, 0.25) is 0 Å². The minimum atomic E-state index is -3.27. The molecule has 0 bridgehead atoms. The zero-order valence-corrected chi connectivity index (χ0v) is 23.7. The molecule has 1 N–H and O–H groups in total. The summed E-state index contributed by atoms with van der Waals surface area (Å²) in [6, 6.07) is 7.63. The molecule has 0 atom stereocenters. The second-order valence-corrected chi connectivity index (χ2v) is 14.5. The quantitative estimate of drug-likeness (QED) is 0.166. The number of rotatable bonds is 19. The van der Waals surface area contributed by atoms with Crippen LogP contribution in [0.3, 0.4) is 0 Å². The van der Waals surface area contributed by atoms with Gasteiger partial charge in [0.15, 0.2) is 0 Å². The first kappa shape index (κ1) is 28.9. The van der Waals surface area contributed by atoms with E-state index in [0.29, 0.717) is 16.6 Å². The van der Waals surface area contributed by atoms with Gasteiger partial charge in [0.2, 0.25) is 8.87 Å². The fourth-order valence-corrected chi connectivity index (χ4v) is 7.60. The molecule has 0 radical (unpaired) electrons. The first-order chi connectivity index (χ1) is 16.9. The molecule has 2 fully saturated rings. The van der Waals surface area contributed by atoms with Crippen LogP contribution in [0.1, 0.15) is 62.8 Å². The molecule has 0 amide bonds. The summed E-state index contributed by atoms with van der Waals surface area (Å²) >= 11 is 0. The van der Waals surface area contributed by atoms with E-state index in [0.717, 1.165) is 43.4 Å². The average Bonchev–Trinajstić information content (AvgIpc) is 3.50. The molecule has 3 rings (SSSR count). The van der Waals surface area contributed by atoms with Gasteiger partial charge in [0.25, 0.3) is 0 Å². The third-order valence-electron chi connectivity index (χ3n) is 7.29. The predicted molar refractivity (Wildman–Crippen MR) is 150 cm³/mol. The molecule has 1 saturated heterocycles. The minimum Gasteiger partial charge on any atom is -0.316 e. The van der Waals surface area contributed by atoms with Gasteiger partial charge >= 0.3 is 0 Å². The van der Waals surface area contributed by atoms with E-state index in [4.69, 9.17) is 0 Å².